The van der Waals surface area contributed by atoms with Crippen LogP contribution in [0, 0.1) is 13.8 Å². The average Bonchev–Trinajstić information content (AvgIpc) is 3.33. The highest BCUT2D eigenvalue weighted by atomic mass is 15.3. The number of aromatic nitrogens is 2. The normalized spacial score (nSPS) is 14.0. The van der Waals surface area contributed by atoms with Gasteiger partial charge in [-0.15, -0.1) is 0 Å². The fourth-order valence-corrected chi connectivity index (χ4v) is 3.39. The maximum atomic E-state index is 4.76. The van der Waals surface area contributed by atoms with E-state index in [1.807, 2.05) is 6.92 Å². The molecule has 0 fully saturated rings. The van der Waals surface area contributed by atoms with Gasteiger partial charge in [0.2, 0.25) is 0 Å². The minimum Gasteiger partial charge on any atom is -0.364 e. The summed E-state index contributed by atoms with van der Waals surface area (Å²) in [5.41, 5.74) is 4.78. The highest BCUT2D eigenvalue weighted by molar-refractivity contribution is 5.79. The van der Waals surface area contributed by atoms with Gasteiger partial charge in [0.15, 0.2) is 5.96 Å². The zero-order chi connectivity index (χ0) is 19.8. The van der Waals surface area contributed by atoms with E-state index in [2.05, 4.69) is 81.6 Å². The Balaban J connectivity index is 1.51. The van der Waals surface area contributed by atoms with Crippen molar-refractivity contribution in [2.45, 2.75) is 40.3 Å². The van der Waals surface area contributed by atoms with E-state index in [4.69, 9.17) is 4.99 Å². The number of anilines is 1. The summed E-state index contributed by atoms with van der Waals surface area (Å²) in [5, 5.41) is 11.3. The fourth-order valence-electron chi connectivity index (χ4n) is 3.39. The summed E-state index contributed by atoms with van der Waals surface area (Å²) in [4.78, 5) is 7.11. The van der Waals surface area contributed by atoms with Crippen molar-refractivity contribution in [1.29, 1.82) is 0 Å². The van der Waals surface area contributed by atoms with Gasteiger partial charge in [0.25, 0.3) is 0 Å². The molecule has 1 aromatic carbocycles. The van der Waals surface area contributed by atoms with Gasteiger partial charge in [-0.3, -0.25) is 4.68 Å². The van der Waals surface area contributed by atoms with Crippen LogP contribution in [0.3, 0.4) is 0 Å². The van der Waals surface area contributed by atoms with Crippen molar-refractivity contribution in [3.05, 3.63) is 59.4 Å². The van der Waals surface area contributed by atoms with Gasteiger partial charge in [0.05, 0.1) is 12.2 Å². The molecule has 0 bridgehead atoms. The molecule has 1 aliphatic rings. The second-order valence-corrected chi connectivity index (χ2v) is 7.17. The van der Waals surface area contributed by atoms with Gasteiger partial charge in [-0.2, -0.15) is 5.10 Å². The molecule has 2 aromatic rings. The lowest BCUT2D eigenvalue weighted by atomic mass is 10.2. The quantitative estimate of drug-likeness (QED) is 0.320. The molecule has 0 radical (unpaired) electrons. The first-order valence-corrected chi connectivity index (χ1v) is 10.2. The molecule has 1 aliphatic heterocycles. The fraction of sp³-hybridized carbons (Fsp3) is 0.455. The topological polar surface area (TPSA) is 57.5 Å². The molecule has 0 amide bonds. The SMILES string of the molecule is CCNC(=NCc1cccc(N2CC=CC2)c1)NCCCn1nc(C)cc1C. The predicted octanol–water partition coefficient (Wildman–Crippen LogP) is 3.02. The summed E-state index contributed by atoms with van der Waals surface area (Å²) < 4.78 is 2.07. The van der Waals surface area contributed by atoms with Crippen LogP contribution in [0.15, 0.2) is 47.5 Å². The molecule has 0 unspecified atom stereocenters. The van der Waals surface area contributed by atoms with Gasteiger partial charge in [0.1, 0.15) is 0 Å². The van der Waals surface area contributed by atoms with E-state index in [1.165, 1.54) is 16.9 Å². The second kappa shape index (κ2) is 9.97. The molecular weight excluding hydrogens is 348 g/mol. The molecule has 1 aromatic heterocycles. The molecule has 0 aliphatic carbocycles. The van der Waals surface area contributed by atoms with Crippen molar-refractivity contribution in [2.24, 2.45) is 4.99 Å². The highest BCUT2D eigenvalue weighted by Gasteiger charge is 2.08. The lowest BCUT2D eigenvalue weighted by Crippen LogP contribution is -2.38. The van der Waals surface area contributed by atoms with Gasteiger partial charge in [-0.25, -0.2) is 4.99 Å². The molecule has 2 heterocycles. The van der Waals surface area contributed by atoms with Crippen LogP contribution in [0.5, 0.6) is 0 Å². The Hall–Kier alpha value is -2.76. The zero-order valence-corrected chi connectivity index (χ0v) is 17.3. The van der Waals surface area contributed by atoms with Crippen LogP contribution in [0.25, 0.3) is 0 Å². The van der Waals surface area contributed by atoms with Crippen molar-refractivity contribution in [2.75, 3.05) is 31.1 Å². The largest absolute Gasteiger partial charge is 0.364 e. The Bertz CT molecular complexity index is 812. The minimum absolute atomic E-state index is 0.669. The van der Waals surface area contributed by atoms with Crippen LogP contribution in [-0.4, -0.2) is 41.9 Å². The van der Waals surface area contributed by atoms with E-state index in [9.17, 15) is 0 Å². The van der Waals surface area contributed by atoms with E-state index >= 15 is 0 Å². The third-order valence-electron chi connectivity index (χ3n) is 4.80. The first kappa shape index (κ1) is 20.0. The third kappa shape index (κ3) is 5.62. The highest BCUT2D eigenvalue weighted by Crippen LogP contribution is 2.18. The molecule has 6 heteroatoms. The van der Waals surface area contributed by atoms with Gasteiger partial charge in [-0.1, -0.05) is 24.3 Å². The molecule has 150 valence electrons. The summed E-state index contributed by atoms with van der Waals surface area (Å²) >= 11 is 0. The molecule has 2 N–H and O–H groups in total. The van der Waals surface area contributed by atoms with Crippen LogP contribution in [0.2, 0.25) is 0 Å². The molecule has 6 nitrogen and oxygen atoms in total. The van der Waals surface area contributed by atoms with Gasteiger partial charge in [-0.05, 0) is 51.0 Å². The third-order valence-corrected chi connectivity index (χ3v) is 4.80. The van der Waals surface area contributed by atoms with Crippen molar-refractivity contribution in [1.82, 2.24) is 20.4 Å². The number of hydrogen-bond donors (Lipinski definition) is 2. The van der Waals surface area contributed by atoms with E-state index in [0.29, 0.717) is 6.54 Å². The monoisotopic (exact) mass is 380 g/mol. The van der Waals surface area contributed by atoms with Gasteiger partial charge < -0.3 is 15.5 Å². The average molecular weight is 381 g/mol. The molecule has 28 heavy (non-hydrogen) atoms. The van der Waals surface area contributed by atoms with Gasteiger partial charge in [0, 0.05) is 44.1 Å². The molecular formula is C22H32N6. The van der Waals surface area contributed by atoms with Crippen LogP contribution in [-0.2, 0) is 13.1 Å². The Kier molecular flexibility index (Phi) is 7.12. The van der Waals surface area contributed by atoms with E-state index < -0.39 is 0 Å². The Morgan fingerprint density at radius 2 is 1.96 bits per heavy atom. The number of aliphatic imine (C=N–C) groups is 1. The smallest absolute Gasteiger partial charge is 0.191 e. The maximum Gasteiger partial charge on any atom is 0.191 e. The predicted molar refractivity (Wildman–Crippen MR) is 117 cm³/mol. The summed E-state index contributed by atoms with van der Waals surface area (Å²) in [6.07, 6.45) is 5.43. The lowest BCUT2D eigenvalue weighted by Gasteiger charge is -2.18. The van der Waals surface area contributed by atoms with E-state index in [-0.39, 0.29) is 0 Å². The molecule has 0 spiro atoms. The van der Waals surface area contributed by atoms with E-state index in [0.717, 1.165) is 50.8 Å². The second-order valence-electron chi connectivity index (χ2n) is 7.17. The van der Waals surface area contributed by atoms with Crippen LogP contribution >= 0.6 is 0 Å². The van der Waals surface area contributed by atoms with E-state index in [1.54, 1.807) is 0 Å². The minimum atomic E-state index is 0.669. The lowest BCUT2D eigenvalue weighted by molar-refractivity contribution is 0.555. The number of benzene rings is 1. The van der Waals surface area contributed by atoms with Crippen LogP contribution in [0.4, 0.5) is 5.69 Å². The summed E-state index contributed by atoms with van der Waals surface area (Å²) in [6, 6.07) is 10.8. The number of nitrogens with zero attached hydrogens (tertiary/aromatic N) is 4. The van der Waals surface area contributed by atoms with Crippen molar-refractivity contribution >= 4 is 11.6 Å². The first-order chi connectivity index (χ1) is 13.7. The molecule has 3 rings (SSSR count). The maximum absolute atomic E-state index is 4.76. The molecule has 0 saturated heterocycles. The Morgan fingerprint density at radius 1 is 1.14 bits per heavy atom. The van der Waals surface area contributed by atoms with Gasteiger partial charge >= 0.3 is 0 Å². The van der Waals surface area contributed by atoms with Crippen molar-refractivity contribution < 1.29 is 0 Å². The zero-order valence-electron chi connectivity index (χ0n) is 17.3. The number of guanidine groups is 1. The Labute approximate surface area is 168 Å². The first-order valence-electron chi connectivity index (χ1n) is 10.2. The summed E-state index contributed by atoms with van der Waals surface area (Å²) in [6.45, 7) is 11.5. The molecule has 0 atom stereocenters. The summed E-state index contributed by atoms with van der Waals surface area (Å²) in [7, 11) is 0. The number of aryl methyl sites for hydroxylation is 3. The molecule has 0 saturated carbocycles. The summed E-state index contributed by atoms with van der Waals surface area (Å²) in [5.74, 6) is 0.865. The number of nitrogens with one attached hydrogen (secondary N) is 2. The number of hydrogen-bond acceptors (Lipinski definition) is 3. The van der Waals surface area contributed by atoms with Crippen molar-refractivity contribution in [3.63, 3.8) is 0 Å². The van der Waals surface area contributed by atoms with Crippen LogP contribution in [0.1, 0.15) is 30.3 Å². The van der Waals surface area contributed by atoms with Crippen LogP contribution < -0.4 is 15.5 Å². The Morgan fingerprint density at radius 3 is 2.68 bits per heavy atom. The number of rotatable bonds is 8. The van der Waals surface area contributed by atoms with Crippen molar-refractivity contribution in [3.8, 4) is 0 Å². The standard InChI is InChI=1S/C22H32N6/c1-4-23-22(24-11-8-14-28-19(3)15-18(2)26-28)25-17-20-9-7-10-21(16-20)27-12-5-6-13-27/h5-7,9-10,15-16H,4,8,11-14,17H2,1-3H3,(H2,23,24,25).